The minimum Gasteiger partial charge on any atom is -0.329 e. The molecule has 1 aromatic carbocycles. The highest BCUT2D eigenvalue weighted by Crippen LogP contribution is 2.11. The molecule has 0 aromatic heterocycles. The van der Waals surface area contributed by atoms with Crippen LogP contribution in [0.4, 0.5) is 0 Å². The lowest BCUT2D eigenvalue weighted by Gasteiger charge is -2.39. The number of rotatable bonds is 6. The van der Waals surface area contributed by atoms with Gasteiger partial charge in [-0.1, -0.05) is 37.3 Å². The van der Waals surface area contributed by atoms with Crippen LogP contribution in [-0.2, 0) is 6.42 Å². The highest BCUT2D eigenvalue weighted by molar-refractivity contribution is 5.16. The molecule has 106 valence electrons. The first kappa shape index (κ1) is 14.5. The van der Waals surface area contributed by atoms with Crippen molar-refractivity contribution in [2.24, 2.45) is 5.73 Å². The molecule has 2 N–H and O–H groups in total. The average molecular weight is 261 g/mol. The summed E-state index contributed by atoms with van der Waals surface area (Å²) in [6.07, 6.45) is 2.33. The van der Waals surface area contributed by atoms with Gasteiger partial charge in [0, 0.05) is 38.8 Å². The molecule has 0 spiro atoms. The van der Waals surface area contributed by atoms with E-state index in [0.717, 1.165) is 26.1 Å². The van der Waals surface area contributed by atoms with Gasteiger partial charge in [0.15, 0.2) is 0 Å². The fourth-order valence-corrected chi connectivity index (χ4v) is 2.92. The Morgan fingerprint density at radius 3 is 2.37 bits per heavy atom. The molecule has 0 amide bonds. The Bertz CT molecular complexity index is 344. The maximum Gasteiger partial charge on any atom is 0.0259 e. The monoisotopic (exact) mass is 261 g/mol. The van der Waals surface area contributed by atoms with Gasteiger partial charge in [-0.3, -0.25) is 4.90 Å². The quantitative estimate of drug-likeness (QED) is 0.844. The van der Waals surface area contributed by atoms with E-state index in [9.17, 15) is 0 Å². The molecule has 1 aromatic rings. The topological polar surface area (TPSA) is 32.5 Å². The molecule has 1 heterocycles. The Labute approximate surface area is 117 Å². The van der Waals surface area contributed by atoms with Crippen molar-refractivity contribution in [3.05, 3.63) is 35.9 Å². The first-order chi connectivity index (χ1) is 9.33. The summed E-state index contributed by atoms with van der Waals surface area (Å²) in [6, 6.07) is 11.2. The SMILES string of the molecule is CCCN1CCN(C(CN)Cc2ccccc2)CC1. The minimum absolute atomic E-state index is 0.492. The molecule has 2 rings (SSSR count). The van der Waals surface area contributed by atoms with Gasteiger partial charge >= 0.3 is 0 Å². The summed E-state index contributed by atoms with van der Waals surface area (Å²) in [5.74, 6) is 0. The number of hydrogen-bond donors (Lipinski definition) is 1. The zero-order valence-electron chi connectivity index (χ0n) is 12.1. The Morgan fingerprint density at radius 2 is 1.79 bits per heavy atom. The predicted molar refractivity (Wildman–Crippen MR) is 81.3 cm³/mol. The second-order valence-corrected chi connectivity index (χ2v) is 5.46. The van der Waals surface area contributed by atoms with E-state index < -0.39 is 0 Å². The van der Waals surface area contributed by atoms with Gasteiger partial charge in [0.1, 0.15) is 0 Å². The number of nitrogens with two attached hydrogens (primary N) is 1. The molecular weight excluding hydrogens is 234 g/mol. The molecule has 1 atom stereocenters. The second kappa shape index (κ2) is 7.63. The van der Waals surface area contributed by atoms with E-state index in [0.29, 0.717) is 6.04 Å². The zero-order chi connectivity index (χ0) is 13.5. The van der Waals surface area contributed by atoms with Crippen molar-refractivity contribution in [3.63, 3.8) is 0 Å². The first-order valence-electron chi connectivity index (χ1n) is 7.54. The third kappa shape index (κ3) is 4.30. The van der Waals surface area contributed by atoms with E-state index in [-0.39, 0.29) is 0 Å². The molecule has 1 unspecified atom stereocenters. The summed E-state index contributed by atoms with van der Waals surface area (Å²) in [6.45, 7) is 8.95. The summed E-state index contributed by atoms with van der Waals surface area (Å²) in [4.78, 5) is 5.13. The zero-order valence-corrected chi connectivity index (χ0v) is 12.1. The fraction of sp³-hybridized carbons (Fsp3) is 0.625. The Kier molecular flexibility index (Phi) is 5.83. The Hall–Kier alpha value is -0.900. The van der Waals surface area contributed by atoms with Crippen molar-refractivity contribution in [1.29, 1.82) is 0 Å². The van der Waals surface area contributed by atoms with Crippen LogP contribution < -0.4 is 5.73 Å². The van der Waals surface area contributed by atoms with Crippen LogP contribution in [0, 0.1) is 0 Å². The molecule has 0 saturated carbocycles. The van der Waals surface area contributed by atoms with Crippen LogP contribution in [0.5, 0.6) is 0 Å². The highest BCUT2D eigenvalue weighted by Gasteiger charge is 2.22. The minimum atomic E-state index is 0.492. The maximum atomic E-state index is 5.99. The van der Waals surface area contributed by atoms with Crippen molar-refractivity contribution >= 4 is 0 Å². The van der Waals surface area contributed by atoms with E-state index in [1.807, 2.05) is 0 Å². The first-order valence-corrected chi connectivity index (χ1v) is 7.54. The summed E-state index contributed by atoms with van der Waals surface area (Å²) >= 11 is 0. The van der Waals surface area contributed by atoms with Gasteiger partial charge in [-0.25, -0.2) is 0 Å². The predicted octanol–water partition coefficient (Wildman–Crippen LogP) is 1.58. The molecular formula is C16H27N3. The van der Waals surface area contributed by atoms with Gasteiger partial charge in [-0.2, -0.15) is 0 Å². The summed E-state index contributed by atoms with van der Waals surface area (Å²) < 4.78 is 0. The summed E-state index contributed by atoms with van der Waals surface area (Å²) in [5.41, 5.74) is 7.39. The molecule has 19 heavy (non-hydrogen) atoms. The maximum absolute atomic E-state index is 5.99. The van der Waals surface area contributed by atoms with Crippen LogP contribution in [0.25, 0.3) is 0 Å². The van der Waals surface area contributed by atoms with Crippen LogP contribution in [0.15, 0.2) is 30.3 Å². The molecule has 1 fully saturated rings. The molecule has 1 saturated heterocycles. The third-order valence-electron chi connectivity index (χ3n) is 4.05. The molecule has 3 heteroatoms. The van der Waals surface area contributed by atoms with E-state index in [1.165, 1.54) is 31.6 Å². The van der Waals surface area contributed by atoms with Crippen LogP contribution >= 0.6 is 0 Å². The molecule has 1 aliphatic rings. The fourth-order valence-electron chi connectivity index (χ4n) is 2.92. The van der Waals surface area contributed by atoms with Gasteiger partial charge in [0.25, 0.3) is 0 Å². The van der Waals surface area contributed by atoms with Gasteiger partial charge in [0.2, 0.25) is 0 Å². The molecule has 0 radical (unpaired) electrons. The summed E-state index contributed by atoms with van der Waals surface area (Å²) in [5, 5.41) is 0. The van der Waals surface area contributed by atoms with Crippen molar-refractivity contribution in [2.45, 2.75) is 25.8 Å². The number of piperazine rings is 1. The van der Waals surface area contributed by atoms with Crippen LogP contribution in [0.2, 0.25) is 0 Å². The largest absolute Gasteiger partial charge is 0.329 e. The Morgan fingerprint density at radius 1 is 1.11 bits per heavy atom. The van der Waals surface area contributed by atoms with Crippen LogP contribution in [0.1, 0.15) is 18.9 Å². The van der Waals surface area contributed by atoms with E-state index in [1.54, 1.807) is 0 Å². The average Bonchev–Trinajstić information content (AvgIpc) is 2.47. The second-order valence-electron chi connectivity index (χ2n) is 5.46. The standard InChI is InChI=1S/C16H27N3/c1-2-8-18-9-11-19(12-10-18)16(14-17)13-15-6-4-3-5-7-15/h3-7,16H,2,8-14,17H2,1H3. The number of hydrogen-bond acceptors (Lipinski definition) is 3. The van der Waals surface area contributed by atoms with Crippen LogP contribution in [0.3, 0.4) is 0 Å². The third-order valence-corrected chi connectivity index (χ3v) is 4.05. The lowest BCUT2D eigenvalue weighted by atomic mass is 10.0. The van der Waals surface area contributed by atoms with Crippen molar-refractivity contribution in [1.82, 2.24) is 9.80 Å². The van der Waals surface area contributed by atoms with Gasteiger partial charge in [-0.15, -0.1) is 0 Å². The van der Waals surface area contributed by atoms with E-state index >= 15 is 0 Å². The van der Waals surface area contributed by atoms with E-state index in [4.69, 9.17) is 5.73 Å². The lowest BCUT2D eigenvalue weighted by Crippen LogP contribution is -2.53. The van der Waals surface area contributed by atoms with Crippen molar-refractivity contribution in [3.8, 4) is 0 Å². The summed E-state index contributed by atoms with van der Waals surface area (Å²) in [7, 11) is 0. The van der Waals surface area contributed by atoms with Gasteiger partial charge in [0.05, 0.1) is 0 Å². The van der Waals surface area contributed by atoms with Crippen molar-refractivity contribution in [2.75, 3.05) is 39.3 Å². The highest BCUT2D eigenvalue weighted by atomic mass is 15.3. The molecule has 0 bridgehead atoms. The number of nitrogens with zero attached hydrogens (tertiary/aromatic N) is 2. The molecule has 3 nitrogen and oxygen atoms in total. The molecule has 1 aliphatic heterocycles. The van der Waals surface area contributed by atoms with Gasteiger partial charge < -0.3 is 10.6 Å². The van der Waals surface area contributed by atoms with Gasteiger partial charge in [-0.05, 0) is 24.9 Å². The lowest BCUT2D eigenvalue weighted by molar-refractivity contribution is 0.0984. The normalized spacial score (nSPS) is 19.5. The van der Waals surface area contributed by atoms with Crippen LogP contribution in [-0.4, -0.2) is 55.1 Å². The molecule has 0 aliphatic carbocycles. The van der Waals surface area contributed by atoms with Crippen molar-refractivity contribution < 1.29 is 0 Å². The van der Waals surface area contributed by atoms with E-state index in [2.05, 4.69) is 47.1 Å². The number of benzene rings is 1. The Balaban J connectivity index is 1.85. The smallest absolute Gasteiger partial charge is 0.0259 e.